The third kappa shape index (κ3) is 3.95. The number of rotatable bonds is 5. The Kier molecular flexibility index (Phi) is 4.73. The van der Waals surface area contributed by atoms with E-state index in [0.717, 1.165) is 5.56 Å². The number of carbonyl (C=O) groups is 1. The van der Waals surface area contributed by atoms with Gasteiger partial charge in [0, 0.05) is 10.9 Å². The minimum atomic E-state index is -3.71. The number of primary sulfonamides is 1. The Morgan fingerprint density at radius 1 is 1.24 bits per heavy atom. The molecule has 25 heavy (non-hydrogen) atoms. The van der Waals surface area contributed by atoms with Gasteiger partial charge in [0.1, 0.15) is 5.75 Å². The molecule has 2 aromatic carbocycles. The quantitative estimate of drug-likeness (QED) is 0.833. The molecule has 6 nitrogen and oxygen atoms in total. The molecular formula is C17H17ClN2O4S. The van der Waals surface area contributed by atoms with Crippen molar-refractivity contribution in [3.63, 3.8) is 0 Å². The third-order valence-electron chi connectivity index (χ3n) is 4.18. The maximum Gasteiger partial charge on any atom is 0.238 e. The van der Waals surface area contributed by atoms with E-state index in [-0.39, 0.29) is 22.6 Å². The fourth-order valence-corrected chi connectivity index (χ4v) is 3.45. The molecule has 3 N–H and O–H groups in total. The van der Waals surface area contributed by atoms with Gasteiger partial charge < -0.3 is 10.1 Å². The van der Waals surface area contributed by atoms with E-state index >= 15 is 0 Å². The van der Waals surface area contributed by atoms with Gasteiger partial charge in [0.05, 0.1) is 17.7 Å². The van der Waals surface area contributed by atoms with Crippen molar-refractivity contribution >= 4 is 33.2 Å². The van der Waals surface area contributed by atoms with Gasteiger partial charge >= 0.3 is 0 Å². The smallest absolute Gasteiger partial charge is 0.238 e. The van der Waals surface area contributed by atoms with Gasteiger partial charge in [-0.1, -0.05) is 23.7 Å². The zero-order valence-electron chi connectivity index (χ0n) is 13.4. The predicted octanol–water partition coefficient (Wildman–Crippen LogP) is 2.74. The molecule has 1 fully saturated rings. The molecule has 0 spiro atoms. The summed E-state index contributed by atoms with van der Waals surface area (Å²) in [7, 11) is -2.19. The van der Waals surface area contributed by atoms with Crippen LogP contribution in [0.2, 0.25) is 5.02 Å². The SMILES string of the molecule is COc1ccc(Cl)cc1NC(=O)C1CC1c1ccc(S(N)(=O)=O)cc1. The normalized spacial score (nSPS) is 19.3. The number of sulfonamides is 1. The number of benzene rings is 2. The average molecular weight is 381 g/mol. The molecule has 8 heteroatoms. The first-order valence-electron chi connectivity index (χ1n) is 7.57. The molecule has 0 aromatic heterocycles. The minimum Gasteiger partial charge on any atom is -0.495 e. The second kappa shape index (κ2) is 6.67. The largest absolute Gasteiger partial charge is 0.495 e. The van der Waals surface area contributed by atoms with E-state index in [4.69, 9.17) is 21.5 Å². The Labute approximate surface area is 151 Å². The van der Waals surface area contributed by atoms with Crippen LogP contribution in [0.3, 0.4) is 0 Å². The molecule has 0 bridgehead atoms. The number of amides is 1. The number of anilines is 1. The molecule has 3 rings (SSSR count). The molecule has 0 heterocycles. The van der Waals surface area contributed by atoms with Crippen molar-refractivity contribution in [2.24, 2.45) is 11.1 Å². The summed E-state index contributed by atoms with van der Waals surface area (Å²) in [6, 6.07) is 11.3. The zero-order chi connectivity index (χ0) is 18.2. The summed E-state index contributed by atoms with van der Waals surface area (Å²) in [5.41, 5.74) is 1.43. The number of methoxy groups -OCH3 is 1. The zero-order valence-corrected chi connectivity index (χ0v) is 15.0. The van der Waals surface area contributed by atoms with E-state index in [1.165, 1.54) is 19.2 Å². The Morgan fingerprint density at radius 3 is 2.52 bits per heavy atom. The fraction of sp³-hybridized carbons (Fsp3) is 0.235. The van der Waals surface area contributed by atoms with Crippen LogP contribution < -0.4 is 15.2 Å². The molecule has 0 radical (unpaired) electrons. The molecule has 0 aliphatic heterocycles. The van der Waals surface area contributed by atoms with Crippen molar-refractivity contribution in [3.8, 4) is 5.75 Å². The van der Waals surface area contributed by atoms with Gasteiger partial charge in [0.2, 0.25) is 15.9 Å². The molecule has 2 unspecified atom stereocenters. The van der Waals surface area contributed by atoms with Crippen LogP contribution >= 0.6 is 11.6 Å². The summed E-state index contributed by atoms with van der Waals surface area (Å²) in [5.74, 6) is 0.289. The summed E-state index contributed by atoms with van der Waals surface area (Å²) in [6.45, 7) is 0. The van der Waals surface area contributed by atoms with E-state index in [9.17, 15) is 13.2 Å². The summed E-state index contributed by atoms with van der Waals surface area (Å²) >= 11 is 5.96. The number of hydrogen-bond acceptors (Lipinski definition) is 4. The maximum absolute atomic E-state index is 12.4. The fourth-order valence-electron chi connectivity index (χ4n) is 2.76. The first-order valence-corrected chi connectivity index (χ1v) is 9.49. The first kappa shape index (κ1) is 17.7. The molecular weight excluding hydrogens is 364 g/mol. The van der Waals surface area contributed by atoms with Crippen molar-refractivity contribution in [1.29, 1.82) is 0 Å². The highest BCUT2D eigenvalue weighted by Gasteiger charge is 2.44. The molecule has 2 aromatic rings. The van der Waals surface area contributed by atoms with Crippen LogP contribution in [0.15, 0.2) is 47.4 Å². The lowest BCUT2D eigenvalue weighted by atomic mass is 10.1. The first-order chi connectivity index (χ1) is 11.8. The molecule has 1 amide bonds. The van der Waals surface area contributed by atoms with Crippen LogP contribution in [0.25, 0.3) is 0 Å². The van der Waals surface area contributed by atoms with Gasteiger partial charge in [0.25, 0.3) is 0 Å². The maximum atomic E-state index is 12.4. The van der Waals surface area contributed by atoms with Crippen LogP contribution in [-0.4, -0.2) is 21.4 Å². The van der Waals surface area contributed by atoms with E-state index < -0.39 is 10.0 Å². The van der Waals surface area contributed by atoms with Crippen LogP contribution in [-0.2, 0) is 14.8 Å². The molecule has 1 aliphatic carbocycles. The number of carbonyl (C=O) groups excluding carboxylic acids is 1. The van der Waals surface area contributed by atoms with E-state index in [1.54, 1.807) is 30.3 Å². The van der Waals surface area contributed by atoms with E-state index in [1.807, 2.05) is 0 Å². The third-order valence-corrected chi connectivity index (χ3v) is 5.35. The van der Waals surface area contributed by atoms with Crippen LogP contribution in [0.5, 0.6) is 5.75 Å². The van der Waals surface area contributed by atoms with Crippen LogP contribution in [0, 0.1) is 5.92 Å². The van der Waals surface area contributed by atoms with Crippen molar-refractivity contribution in [1.82, 2.24) is 0 Å². The monoisotopic (exact) mass is 380 g/mol. The van der Waals surface area contributed by atoms with Crippen molar-refractivity contribution < 1.29 is 17.9 Å². The van der Waals surface area contributed by atoms with Crippen LogP contribution in [0.4, 0.5) is 5.69 Å². The summed E-state index contributed by atoms with van der Waals surface area (Å²) in [6.07, 6.45) is 0.698. The summed E-state index contributed by atoms with van der Waals surface area (Å²) in [5, 5.41) is 8.42. The average Bonchev–Trinajstić information content (AvgIpc) is 3.35. The topological polar surface area (TPSA) is 98.5 Å². The number of nitrogens with two attached hydrogens (primary N) is 1. The number of nitrogens with one attached hydrogen (secondary N) is 1. The lowest BCUT2D eigenvalue weighted by Gasteiger charge is -2.10. The second-order valence-corrected chi connectivity index (χ2v) is 7.89. The Balaban J connectivity index is 1.69. The summed E-state index contributed by atoms with van der Waals surface area (Å²) in [4.78, 5) is 12.5. The highest BCUT2D eigenvalue weighted by atomic mass is 35.5. The molecule has 1 saturated carbocycles. The molecule has 132 valence electrons. The molecule has 0 saturated heterocycles. The number of hydrogen-bond donors (Lipinski definition) is 2. The predicted molar refractivity (Wildman–Crippen MR) is 95.3 cm³/mol. The van der Waals surface area contributed by atoms with Crippen molar-refractivity contribution in [2.45, 2.75) is 17.2 Å². The Bertz CT molecular complexity index is 913. The Morgan fingerprint density at radius 2 is 1.92 bits per heavy atom. The van der Waals surface area contributed by atoms with Crippen molar-refractivity contribution in [2.75, 3.05) is 12.4 Å². The lowest BCUT2D eigenvalue weighted by Crippen LogP contribution is -2.15. The number of halogens is 1. The highest BCUT2D eigenvalue weighted by molar-refractivity contribution is 7.89. The number of ether oxygens (including phenoxy) is 1. The van der Waals surface area contributed by atoms with Gasteiger partial charge in [0.15, 0.2) is 0 Å². The summed E-state index contributed by atoms with van der Waals surface area (Å²) < 4.78 is 27.8. The molecule has 2 atom stereocenters. The van der Waals surface area contributed by atoms with E-state index in [2.05, 4.69) is 5.32 Å². The lowest BCUT2D eigenvalue weighted by molar-refractivity contribution is -0.117. The molecule has 1 aliphatic rings. The minimum absolute atomic E-state index is 0.0553. The van der Waals surface area contributed by atoms with Gasteiger partial charge in [-0.15, -0.1) is 0 Å². The van der Waals surface area contributed by atoms with Gasteiger partial charge in [-0.2, -0.15) is 0 Å². The van der Waals surface area contributed by atoms with E-state index in [0.29, 0.717) is 22.9 Å². The van der Waals surface area contributed by atoms with Gasteiger partial charge in [-0.05, 0) is 48.2 Å². The van der Waals surface area contributed by atoms with Crippen LogP contribution in [0.1, 0.15) is 17.9 Å². The second-order valence-electron chi connectivity index (χ2n) is 5.90. The standard InChI is InChI=1S/C17H17ClN2O4S/c1-24-16-7-4-11(18)8-15(16)20-17(21)14-9-13(14)10-2-5-12(6-3-10)25(19,22)23/h2-8,13-14H,9H2,1H3,(H,20,21)(H2,19,22,23). The Hall–Kier alpha value is -2.09. The highest BCUT2D eigenvalue weighted by Crippen LogP contribution is 2.48. The van der Waals surface area contributed by atoms with Crippen molar-refractivity contribution in [3.05, 3.63) is 53.1 Å². The van der Waals surface area contributed by atoms with Gasteiger partial charge in [-0.3, -0.25) is 4.79 Å². The van der Waals surface area contributed by atoms with Gasteiger partial charge in [-0.25, -0.2) is 13.6 Å².